The second-order valence-corrected chi connectivity index (χ2v) is 0.449. The standard InChI is InChI=1S/C3H4O2/c1-2-3(4)5/h2H,1H2,(H,4,5)/i1D,2D. The van der Waals surface area contributed by atoms with Gasteiger partial charge in [0.05, 0.1) is 2.74 Å². The Morgan fingerprint density at radius 2 is 3.20 bits per heavy atom. The van der Waals surface area contributed by atoms with E-state index in [2.05, 4.69) is 0 Å². The minimum atomic E-state index is -1.37. The molecule has 0 saturated heterocycles. The van der Waals surface area contributed by atoms with Gasteiger partial charge in [-0.2, -0.15) is 0 Å². The molecular weight excluding hydrogens is 68.0 g/mol. The molecule has 0 saturated carbocycles. The number of carboxylic acids is 1. The van der Waals surface area contributed by atoms with Gasteiger partial charge in [-0.1, -0.05) is 6.55 Å². The summed E-state index contributed by atoms with van der Waals surface area (Å²) in [5.41, 5.74) is 0. The van der Waals surface area contributed by atoms with Crippen LogP contribution < -0.4 is 0 Å². The van der Waals surface area contributed by atoms with Crippen LogP contribution >= 0.6 is 0 Å². The fourth-order valence-corrected chi connectivity index (χ4v) is 0. The molecule has 0 aromatic heterocycles. The molecule has 0 aliphatic carbocycles. The van der Waals surface area contributed by atoms with Crippen molar-refractivity contribution in [1.29, 1.82) is 0 Å². The maximum Gasteiger partial charge on any atom is 0.327 e. The first-order chi connectivity index (χ1) is 3.18. The van der Waals surface area contributed by atoms with Crippen molar-refractivity contribution in [1.82, 2.24) is 0 Å². The van der Waals surface area contributed by atoms with E-state index in [-0.39, 0.29) is 0 Å². The zero-order valence-electron chi connectivity index (χ0n) is 4.43. The van der Waals surface area contributed by atoms with Crippen molar-refractivity contribution in [2.75, 3.05) is 0 Å². The molecule has 0 bridgehead atoms. The first kappa shape index (κ1) is 1.60. The minimum absolute atomic E-state index is 0.475. The van der Waals surface area contributed by atoms with Crippen LogP contribution in [0.4, 0.5) is 0 Å². The van der Waals surface area contributed by atoms with Crippen molar-refractivity contribution in [3.63, 3.8) is 0 Å². The Hall–Kier alpha value is -0.790. The molecule has 0 fully saturated rings. The lowest BCUT2D eigenvalue weighted by molar-refractivity contribution is -0.131. The summed E-state index contributed by atoms with van der Waals surface area (Å²) in [6.07, 6.45) is 0. The molecule has 0 unspecified atom stereocenters. The first-order valence-electron chi connectivity index (χ1n) is 2.04. The van der Waals surface area contributed by atoms with Gasteiger partial charge in [0.15, 0.2) is 0 Å². The molecule has 2 nitrogen and oxygen atoms in total. The smallest absolute Gasteiger partial charge is 0.327 e. The summed E-state index contributed by atoms with van der Waals surface area (Å²) in [5.74, 6) is -1.37. The summed E-state index contributed by atoms with van der Waals surface area (Å²) >= 11 is 0. The lowest BCUT2D eigenvalue weighted by Gasteiger charge is -1.64. The summed E-state index contributed by atoms with van der Waals surface area (Å²) in [4.78, 5) is 9.55. The molecule has 0 radical (unpaired) electrons. The monoisotopic (exact) mass is 74.0 g/mol. The van der Waals surface area contributed by atoms with Gasteiger partial charge in [-0.25, -0.2) is 4.79 Å². The Morgan fingerprint density at radius 3 is 3.20 bits per heavy atom. The highest BCUT2D eigenvalue weighted by Gasteiger charge is 1.73. The predicted octanol–water partition coefficient (Wildman–Crippen LogP) is 0.257. The van der Waals surface area contributed by atoms with Crippen molar-refractivity contribution in [3.05, 3.63) is 12.6 Å². The Morgan fingerprint density at radius 1 is 2.60 bits per heavy atom. The maximum absolute atomic E-state index is 9.55. The zero-order valence-corrected chi connectivity index (χ0v) is 2.43. The summed E-state index contributed by atoms with van der Waals surface area (Å²) in [6.45, 7) is 0.475. The van der Waals surface area contributed by atoms with Gasteiger partial charge in [0, 0.05) is 6.05 Å². The Kier molecular flexibility index (Phi) is 0.486. The third kappa shape index (κ3) is 3.21. The van der Waals surface area contributed by atoms with Crippen LogP contribution in [0.1, 0.15) is 2.74 Å². The van der Waals surface area contributed by atoms with Gasteiger partial charge in [-0.15, -0.1) is 0 Å². The van der Waals surface area contributed by atoms with E-state index >= 15 is 0 Å². The second kappa shape index (κ2) is 1.52. The van der Waals surface area contributed by atoms with Crippen LogP contribution in [0.15, 0.2) is 12.6 Å². The van der Waals surface area contributed by atoms with E-state index in [9.17, 15) is 4.79 Å². The van der Waals surface area contributed by atoms with Crippen LogP contribution in [-0.4, -0.2) is 11.1 Å². The van der Waals surface area contributed by atoms with Gasteiger partial charge >= 0.3 is 5.97 Å². The number of rotatable bonds is 1. The molecule has 0 amide bonds. The van der Waals surface area contributed by atoms with Crippen LogP contribution in [0, 0.1) is 0 Å². The highest BCUT2D eigenvalue weighted by molar-refractivity contribution is 5.78. The molecule has 2 heteroatoms. The third-order valence-electron chi connectivity index (χ3n) is 0.123. The molecule has 0 aromatic carbocycles. The average Bonchev–Trinajstić information content (AvgIpc) is 1.65. The molecule has 0 atom stereocenters. The van der Waals surface area contributed by atoms with Gasteiger partial charge in [-0.3, -0.25) is 0 Å². The molecule has 0 aliphatic heterocycles. The summed E-state index contributed by atoms with van der Waals surface area (Å²) in [5, 5.41) is 7.81. The third-order valence-corrected chi connectivity index (χ3v) is 0.123. The lowest BCUT2D eigenvalue weighted by atomic mass is 10.7. The molecular formula is C3H4O2. The van der Waals surface area contributed by atoms with Crippen LogP contribution in [0.25, 0.3) is 0 Å². The van der Waals surface area contributed by atoms with Gasteiger partial charge in [0.1, 0.15) is 0 Å². The first-order valence-corrected chi connectivity index (χ1v) is 0.966. The quantitative estimate of drug-likeness (QED) is 0.453. The van der Waals surface area contributed by atoms with Gasteiger partial charge < -0.3 is 5.11 Å². The fourth-order valence-electron chi connectivity index (χ4n) is 0. The van der Waals surface area contributed by atoms with E-state index in [0.717, 1.165) is 0 Å². The maximum atomic E-state index is 9.55. The van der Waals surface area contributed by atoms with E-state index in [4.69, 9.17) is 7.85 Å². The van der Waals surface area contributed by atoms with Gasteiger partial charge in [-0.05, 0) is 0 Å². The molecule has 1 N–H and O–H groups in total. The van der Waals surface area contributed by atoms with E-state index < -0.39 is 12.0 Å². The van der Waals surface area contributed by atoms with E-state index in [1.54, 1.807) is 0 Å². The normalized spacial score (nSPS) is 16.4. The number of hydrogen-bond donors (Lipinski definition) is 1. The van der Waals surface area contributed by atoms with Crippen LogP contribution in [0.2, 0.25) is 0 Å². The Bertz CT molecular complexity index is 108. The highest BCUT2D eigenvalue weighted by Crippen LogP contribution is 1.54. The van der Waals surface area contributed by atoms with Crippen molar-refractivity contribution in [2.24, 2.45) is 0 Å². The number of carbonyl (C=O) groups is 1. The van der Waals surface area contributed by atoms with Crippen molar-refractivity contribution < 1.29 is 12.6 Å². The van der Waals surface area contributed by atoms with Crippen LogP contribution in [0.5, 0.6) is 0 Å². The SMILES string of the molecule is [2H]C=C([2H])C(=O)O. The van der Waals surface area contributed by atoms with Crippen molar-refractivity contribution in [3.8, 4) is 0 Å². The van der Waals surface area contributed by atoms with E-state index in [1.807, 2.05) is 0 Å². The molecule has 0 aromatic rings. The molecule has 0 spiro atoms. The lowest BCUT2D eigenvalue weighted by Crippen LogP contribution is -1.82. The van der Waals surface area contributed by atoms with Crippen LogP contribution in [0.3, 0.4) is 0 Å². The Labute approximate surface area is 32.5 Å². The zero-order chi connectivity index (χ0) is 5.86. The molecule has 0 aliphatic rings. The van der Waals surface area contributed by atoms with Crippen molar-refractivity contribution in [2.45, 2.75) is 0 Å². The molecule has 0 heterocycles. The Balaban J connectivity index is 3.82. The molecule has 28 valence electrons. The minimum Gasteiger partial charge on any atom is -0.478 e. The summed E-state index contributed by atoms with van der Waals surface area (Å²) in [7, 11) is 0. The molecule has 5 heavy (non-hydrogen) atoms. The summed E-state index contributed by atoms with van der Waals surface area (Å²) < 4.78 is 12.6. The van der Waals surface area contributed by atoms with Gasteiger partial charge in [0.2, 0.25) is 0 Å². The average molecular weight is 74.1 g/mol. The number of aliphatic carboxylic acids is 1. The molecule has 0 rings (SSSR count). The highest BCUT2D eigenvalue weighted by atomic mass is 16.4. The van der Waals surface area contributed by atoms with E-state index in [0.29, 0.717) is 6.55 Å². The fraction of sp³-hybridized carbons (Fsp3) is 0. The van der Waals surface area contributed by atoms with Crippen LogP contribution in [-0.2, 0) is 4.79 Å². The predicted molar refractivity (Wildman–Crippen MR) is 17.8 cm³/mol. The number of hydrogen-bond acceptors (Lipinski definition) is 1. The topological polar surface area (TPSA) is 37.3 Å². The largest absolute Gasteiger partial charge is 0.478 e. The second-order valence-electron chi connectivity index (χ2n) is 0.449. The van der Waals surface area contributed by atoms with E-state index in [1.165, 1.54) is 0 Å². The number of carboxylic acid groups (broad SMARTS) is 1. The van der Waals surface area contributed by atoms with Crippen molar-refractivity contribution >= 4 is 5.97 Å². The summed E-state index contributed by atoms with van der Waals surface area (Å²) in [6, 6.07) is -0.694. The van der Waals surface area contributed by atoms with Gasteiger partial charge in [0.25, 0.3) is 0 Å².